The number of nitrogens with zero attached hydrogens (tertiary/aromatic N) is 2. The molecule has 0 unspecified atom stereocenters. The minimum atomic E-state index is 0.474. The second-order valence-electron chi connectivity index (χ2n) is 8.25. The number of para-hydroxylation sites is 1. The second-order valence-corrected chi connectivity index (χ2v) is 10.4. The average Bonchev–Trinajstić information content (AvgIpc) is 3.33. The van der Waals surface area contributed by atoms with Crippen LogP contribution in [-0.2, 0) is 23.9 Å². The average molecular weight is 627 g/mol. The van der Waals surface area contributed by atoms with E-state index < -0.39 is 0 Å². The molecule has 0 atom stereocenters. The summed E-state index contributed by atoms with van der Waals surface area (Å²) in [5, 5.41) is 4.34. The maximum atomic E-state index is 6.05. The van der Waals surface area contributed by atoms with Crippen LogP contribution < -0.4 is 5.32 Å². The van der Waals surface area contributed by atoms with E-state index in [0.717, 1.165) is 30.8 Å². The van der Waals surface area contributed by atoms with Crippen molar-refractivity contribution in [2.75, 3.05) is 30.9 Å². The van der Waals surface area contributed by atoms with Crippen LogP contribution in [-0.4, -0.2) is 34.2 Å². The van der Waals surface area contributed by atoms with Crippen molar-refractivity contribution in [2.24, 2.45) is 0 Å². The van der Waals surface area contributed by atoms with Gasteiger partial charge in [-0.3, -0.25) is 6.58 Å². The molecule has 0 radical (unpaired) electrons. The first-order chi connectivity index (χ1) is 16.3. The Morgan fingerprint density at radius 1 is 1.03 bits per heavy atom. The molecule has 0 amide bonds. The van der Waals surface area contributed by atoms with Crippen LogP contribution in [0.5, 0.6) is 0 Å². The van der Waals surface area contributed by atoms with Gasteiger partial charge in [-0.15, -0.1) is 35.5 Å². The molecule has 2 aromatic rings. The van der Waals surface area contributed by atoms with E-state index in [1.54, 1.807) is 30.0 Å². The topological polar surface area (TPSA) is 18.5 Å². The van der Waals surface area contributed by atoms with Gasteiger partial charge in [0.15, 0.2) is 0 Å². The van der Waals surface area contributed by atoms with E-state index >= 15 is 0 Å². The molecule has 1 N–H and O–H groups in total. The Morgan fingerprint density at radius 2 is 1.56 bits per heavy atom. The summed E-state index contributed by atoms with van der Waals surface area (Å²) in [4.78, 5) is 0. The summed E-state index contributed by atoms with van der Waals surface area (Å²) >= 11 is 11.4. The Bertz CT molecular complexity index is 845. The van der Waals surface area contributed by atoms with Gasteiger partial charge in [0.05, 0.1) is 0 Å². The first-order valence-electron chi connectivity index (χ1n) is 11.1. The van der Waals surface area contributed by atoms with Crippen molar-refractivity contribution in [3.63, 3.8) is 0 Å². The van der Waals surface area contributed by atoms with Crippen LogP contribution >= 0.6 is 45.2 Å². The summed E-state index contributed by atoms with van der Waals surface area (Å²) < 4.78 is 4.47. The zero-order chi connectivity index (χ0) is 25.7. The van der Waals surface area contributed by atoms with Crippen molar-refractivity contribution in [2.45, 2.75) is 46.1 Å². The fraction of sp³-hybridized carbons (Fsp3) is 0.423. The van der Waals surface area contributed by atoms with E-state index in [1.807, 2.05) is 35.5 Å². The first-order valence-corrected chi connectivity index (χ1v) is 16.1. The number of nitrogens with one attached hydrogen (secondary N) is 1. The van der Waals surface area contributed by atoms with Crippen molar-refractivity contribution in [1.82, 2.24) is 8.61 Å². The summed E-state index contributed by atoms with van der Waals surface area (Å²) in [5.41, 5.74) is 6.06. The van der Waals surface area contributed by atoms with Crippen LogP contribution in [0.2, 0.25) is 5.02 Å². The molecule has 1 aliphatic rings. The van der Waals surface area contributed by atoms with Crippen molar-refractivity contribution in [3.05, 3.63) is 76.9 Å². The van der Waals surface area contributed by atoms with E-state index in [2.05, 4.69) is 88.7 Å². The first kappa shape index (κ1) is 31.8. The normalized spacial score (nSPS) is 13.8. The van der Waals surface area contributed by atoms with Crippen LogP contribution in [0.15, 0.2) is 36.4 Å². The third kappa shape index (κ3) is 10.0. The molecule has 0 bridgehead atoms. The number of rotatable bonds is 8. The van der Waals surface area contributed by atoms with Crippen LogP contribution in [0.4, 0.5) is 5.69 Å². The fourth-order valence-electron chi connectivity index (χ4n) is 3.55. The summed E-state index contributed by atoms with van der Waals surface area (Å²) in [6.45, 7) is 19.8. The van der Waals surface area contributed by atoms with Crippen LogP contribution in [0, 0.1) is 13.2 Å². The van der Waals surface area contributed by atoms with Crippen LogP contribution in [0.1, 0.15) is 61.8 Å². The molecule has 2 aromatic carbocycles. The van der Waals surface area contributed by atoms with Crippen molar-refractivity contribution < 1.29 is 17.3 Å². The van der Waals surface area contributed by atoms with Gasteiger partial charge in [0, 0.05) is 17.3 Å². The van der Waals surface area contributed by atoms with Gasteiger partial charge in [-0.2, -0.15) is 12.2 Å². The molecule has 0 saturated carbocycles. The van der Waals surface area contributed by atoms with Crippen molar-refractivity contribution in [3.8, 4) is 0 Å². The molecule has 1 aliphatic heterocycles. The third-order valence-electron chi connectivity index (χ3n) is 5.38. The zero-order valence-corrected chi connectivity index (χ0v) is 25.7. The number of halogens is 2. The second kappa shape index (κ2) is 17.3. The molecule has 34 heavy (non-hydrogen) atoms. The summed E-state index contributed by atoms with van der Waals surface area (Å²) in [6.07, 6.45) is 5.81. The molecule has 3 rings (SSSR count). The van der Waals surface area contributed by atoms with Gasteiger partial charge in [-0.25, -0.2) is 6.08 Å². The molecule has 8 heteroatoms. The van der Waals surface area contributed by atoms with E-state index in [9.17, 15) is 0 Å². The fourth-order valence-corrected chi connectivity index (χ4v) is 4.74. The van der Waals surface area contributed by atoms with Crippen molar-refractivity contribution in [1.29, 1.82) is 0 Å². The number of hydrogen-bond donors (Lipinski definition) is 1. The Labute approximate surface area is 235 Å². The van der Waals surface area contributed by atoms with Gasteiger partial charge in [-0.05, 0) is 54.6 Å². The van der Waals surface area contributed by atoms with Gasteiger partial charge in [0.25, 0.3) is 0 Å². The van der Waals surface area contributed by atoms with E-state index in [4.69, 9.17) is 18.2 Å². The van der Waals surface area contributed by atoms with E-state index in [-0.39, 0.29) is 0 Å². The predicted molar refractivity (Wildman–Crippen MR) is 153 cm³/mol. The zero-order valence-electron chi connectivity index (χ0n) is 20.8. The summed E-state index contributed by atoms with van der Waals surface area (Å²) in [6, 6.07) is 12.4. The molecule has 0 spiro atoms. The minimum absolute atomic E-state index is 0.474. The molecule has 0 aromatic heterocycles. The molecular weight excluding hydrogens is 590 g/mol. The Kier molecular flexibility index (Phi) is 16.2. The molecule has 1 heterocycles. The molecule has 1 fully saturated rings. The van der Waals surface area contributed by atoms with Gasteiger partial charge in [-0.1, -0.05) is 63.6 Å². The molecule has 0 aliphatic carbocycles. The number of hydrogen-bond acceptors (Lipinski definition) is 5. The number of anilines is 1. The van der Waals surface area contributed by atoms with Gasteiger partial charge < -0.3 is 13.9 Å². The third-order valence-corrected chi connectivity index (χ3v) is 7.11. The molecule has 1 saturated heterocycles. The van der Waals surface area contributed by atoms with Crippen molar-refractivity contribution >= 4 is 57.0 Å². The molecular formula is C26H36Cl2N3RuS2. The molecule has 3 nitrogen and oxygen atoms in total. The van der Waals surface area contributed by atoms with E-state index in [1.165, 1.54) is 16.8 Å². The van der Waals surface area contributed by atoms with Gasteiger partial charge in [0.2, 0.25) is 0 Å². The summed E-state index contributed by atoms with van der Waals surface area (Å²) in [5.74, 6) is 0.948. The number of benzene rings is 2. The Hall–Kier alpha value is -0.197. The monoisotopic (exact) mass is 626 g/mol. The summed E-state index contributed by atoms with van der Waals surface area (Å²) in [7, 11) is 4.57. The Morgan fingerprint density at radius 3 is 1.97 bits per heavy atom. The van der Waals surface area contributed by atoms with Crippen LogP contribution in [0.3, 0.4) is 0 Å². The Balaban J connectivity index is 0.000000437. The van der Waals surface area contributed by atoms with Gasteiger partial charge in [0.1, 0.15) is 0 Å². The maximum absolute atomic E-state index is 6.05. The predicted octanol–water partition coefficient (Wildman–Crippen LogP) is 8.61. The standard InChI is InChI=1S/C21H25ClN.C5H11N2S2.ClH.Ru/c1-6-16-12-18(22)11-10-17(16)13-23-21-19(14(2)3)8-7-9-20(21)15(4)5;1-8-6-3-4-7(5-6)9-2;;/h1,6-12,14-15,23H,13H2,2-5H3;5H,3-4H2,1-2H3;1H;/q2*-1;;+3/p-1. The SMILES string of the molecule is CSN1[CH-]N(SC)CC1.[CH-]=Cc1cc(Cl)ccc1CNc1c(C(C)C)cccc1C(C)C.[Cl][Ru+2]. The molecule has 189 valence electrons. The van der Waals surface area contributed by atoms with E-state index in [0.29, 0.717) is 16.9 Å². The quantitative estimate of drug-likeness (QED) is 0.179. The van der Waals surface area contributed by atoms with Gasteiger partial charge >= 0.3 is 27.0 Å². The van der Waals surface area contributed by atoms with Crippen LogP contribution in [0.25, 0.3) is 6.08 Å².